The first kappa shape index (κ1) is 15.0. The highest BCUT2D eigenvalue weighted by atomic mass is 79.9. The van der Waals surface area contributed by atoms with E-state index in [0.717, 1.165) is 29.7 Å². The second kappa shape index (κ2) is 6.84. The van der Waals surface area contributed by atoms with Crippen molar-refractivity contribution in [1.29, 1.82) is 0 Å². The Labute approximate surface area is 129 Å². The SMILES string of the molecule is CCCn1ccc(CNc2cc(Br)ccc2N(C)C)c1. The molecule has 1 heterocycles. The standard InChI is InChI=1S/C16H22BrN3/c1-4-8-20-9-7-13(12-20)11-18-15-10-14(17)5-6-16(15)19(2)3/h5-7,9-10,12,18H,4,8,11H2,1-3H3. The summed E-state index contributed by atoms with van der Waals surface area (Å²) in [6.45, 7) is 4.12. The van der Waals surface area contributed by atoms with E-state index in [1.165, 1.54) is 11.3 Å². The fourth-order valence-electron chi connectivity index (χ4n) is 2.23. The number of nitrogens with zero attached hydrogens (tertiary/aromatic N) is 2. The lowest BCUT2D eigenvalue weighted by atomic mass is 10.2. The minimum Gasteiger partial charge on any atom is -0.379 e. The molecule has 1 aromatic carbocycles. The molecular formula is C16H22BrN3. The average Bonchev–Trinajstić information content (AvgIpc) is 2.84. The van der Waals surface area contributed by atoms with Gasteiger partial charge in [0.15, 0.2) is 0 Å². The summed E-state index contributed by atoms with van der Waals surface area (Å²) in [5.41, 5.74) is 3.65. The summed E-state index contributed by atoms with van der Waals surface area (Å²) < 4.78 is 3.33. The van der Waals surface area contributed by atoms with Gasteiger partial charge < -0.3 is 14.8 Å². The van der Waals surface area contributed by atoms with E-state index in [-0.39, 0.29) is 0 Å². The molecule has 0 spiro atoms. The van der Waals surface area contributed by atoms with Crippen LogP contribution >= 0.6 is 15.9 Å². The van der Waals surface area contributed by atoms with Gasteiger partial charge in [0.2, 0.25) is 0 Å². The van der Waals surface area contributed by atoms with Crippen LogP contribution in [-0.2, 0) is 13.1 Å². The van der Waals surface area contributed by atoms with Crippen molar-refractivity contribution >= 4 is 27.3 Å². The summed E-state index contributed by atoms with van der Waals surface area (Å²) >= 11 is 3.53. The molecule has 0 amide bonds. The van der Waals surface area contributed by atoms with Crippen molar-refractivity contribution in [3.8, 4) is 0 Å². The number of aryl methyl sites for hydroxylation is 1. The maximum atomic E-state index is 3.53. The highest BCUT2D eigenvalue weighted by molar-refractivity contribution is 9.10. The van der Waals surface area contributed by atoms with Gasteiger partial charge in [0, 0.05) is 44.1 Å². The van der Waals surface area contributed by atoms with E-state index in [0.29, 0.717) is 0 Å². The molecule has 4 heteroatoms. The molecule has 0 radical (unpaired) electrons. The molecule has 0 aliphatic heterocycles. The maximum absolute atomic E-state index is 3.53. The summed E-state index contributed by atoms with van der Waals surface area (Å²) in [6, 6.07) is 8.49. The lowest BCUT2D eigenvalue weighted by Crippen LogP contribution is -2.12. The third-order valence-corrected chi connectivity index (χ3v) is 3.71. The topological polar surface area (TPSA) is 20.2 Å². The number of benzene rings is 1. The van der Waals surface area contributed by atoms with Gasteiger partial charge in [-0.15, -0.1) is 0 Å². The average molecular weight is 336 g/mol. The van der Waals surface area contributed by atoms with Crippen LogP contribution in [0.4, 0.5) is 11.4 Å². The molecule has 0 aliphatic rings. The highest BCUT2D eigenvalue weighted by Gasteiger charge is 2.05. The van der Waals surface area contributed by atoms with Gasteiger partial charge in [0.1, 0.15) is 0 Å². The van der Waals surface area contributed by atoms with Crippen LogP contribution in [0.25, 0.3) is 0 Å². The van der Waals surface area contributed by atoms with Gasteiger partial charge >= 0.3 is 0 Å². The molecule has 0 saturated carbocycles. The number of halogens is 1. The second-order valence-corrected chi connectivity index (χ2v) is 6.08. The molecule has 20 heavy (non-hydrogen) atoms. The Kier molecular flexibility index (Phi) is 5.12. The van der Waals surface area contributed by atoms with Crippen molar-refractivity contribution in [1.82, 2.24) is 4.57 Å². The van der Waals surface area contributed by atoms with E-state index in [9.17, 15) is 0 Å². The Morgan fingerprint density at radius 1 is 1.25 bits per heavy atom. The number of nitrogens with one attached hydrogen (secondary N) is 1. The largest absolute Gasteiger partial charge is 0.379 e. The van der Waals surface area contributed by atoms with E-state index < -0.39 is 0 Å². The summed E-state index contributed by atoms with van der Waals surface area (Å²) in [5.74, 6) is 0. The fraction of sp³-hybridized carbons (Fsp3) is 0.375. The molecular weight excluding hydrogens is 314 g/mol. The van der Waals surface area contributed by atoms with Crippen LogP contribution in [-0.4, -0.2) is 18.7 Å². The Bertz CT molecular complexity index is 561. The normalized spacial score (nSPS) is 10.6. The minimum atomic E-state index is 0.841. The molecule has 2 rings (SSSR count). The molecule has 0 fully saturated rings. The zero-order chi connectivity index (χ0) is 14.5. The van der Waals surface area contributed by atoms with Gasteiger partial charge in [-0.25, -0.2) is 0 Å². The summed E-state index contributed by atoms with van der Waals surface area (Å²) in [4.78, 5) is 2.12. The van der Waals surface area contributed by atoms with E-state index in [4.69, 9.17) is 0 Å². The summed E-state index contributed by atoms with van der Waals surface area (Å²) in [6.07, 6.45) is 5.52. The van der Waals surface area contributed by atoms with Crippen LogP contribution in [0.3, 0.4) is 0 Å². The molecule has 3 nitrogen and oxygen atoms in total. The molecule has 0 unspecified atom stereocenters. The quantitative estimate of drug-likeness (QED) is 0.847. The van der Waals surface area contributed by atoms with Crippen molar-refractivity contribution in [3.05, 3.63) is 46.7 Å². The van der Waals surface area contributed by atoms with Gasteiger partial charge in [-0.1, -0.05) is 22.9 Å². The van der Waals surface area contributed by atoms with Crippen molar-refractivity contribution in [2.45, 2.75) is 26.4 Å². The van der Waals surface area contributed by atoms with Crippen molar-refractivity contribution < 1.29 is 0 Å². The predicted molar refractivity (Wildman–Crippen MR) is 90.5 cm³/mol. The molecule has 0 atom stereocenters. The molecule has 0 aliphatic carbocycles. The second-order valence-electron chi connectivity index (χ2n) is 5.17. The van der Waals surface area contributed by atoms with E-state index in [1.54, 1.807) is 0 Å². The summed E-state index contributed by atoms with van der Waals surface area (Å²) in [5, 5.41) is 3.52. The fourth-order valence-corrected chi connectivity index (χ4v) is 2.59. The van der Waals surface area contributed by atoms with E-state index in [2.05, 4.69) is 88.4 Å². The number of rotatable bonds is 6. The third-order valence-electron chi connectivity index (χ3n) is 3.22. The molecule has 0 bridgehead atoms. The van der Waals surface area contributed by atoms with Crippen LogP contribution < -0.4 is 10.2 Å². The number of anilines is 2. The van der Waals surface area contributed by atoms with Crippen LogP contribution in [0.1, 0.15) is 18.9 Å². The van der Waals surface area contributed by atoms with Gasteiger partial charge in [-0.3, -0.25) is 0 Å². The van der Waals surface area contributed by atoms with Gasteiger partial charge in [0.25, 0.3) is 0 Å². The van der Waals surface area contributed by atoms with Crippen molar-refractivity contribution in [3.63, 3.8) is 0 Å². The Morgan fingerprint density at radius 3 is 2.75 bits per heavy atom. The first-order valence-corrected chi connectivity index (χ1v) is 7.75. The Hall–Kier alpha value is -1.42. The lowest BCUT2D eigenvalue weighted by molar-refractivity contribution is 0.682. The van der Waals surface area contributed by atoms with Crippen molar-refractivity contribution in [2.75, 3.05) is 24.3 Å². The van der Waals surface area contributed by atoms with Gasteiger partial charge in [-0.05, 0) is 36.2 Å². The molecule has 1 aromatic heterocycles. The van der Waals surface area contributed by atoms with Crippen molar-refractivity contribution in [2.24, 2.45) is 0 Å². The first-order valence-electron chi connectivity index (χ1n) is 6.95. The van der Waals surface area contributed by atoms with Crippen LogP contribution in [0.5, 0.6) is 0 Å². The number of aromatic nitrogens is 1. The monoisotopic (exact) mass is 335 g/mol. The van der Waals surface area contributed by atoms with Gasteiger partial charge in [0.05, 0.1) is 11.4 Å². The van der Waals surface area contributed by atoms with Crippen LogP contribution in [0, 0.1) is 0 Å². The van der Waals surface area contributed by atoms with E-state index >= 15 is 0 Å². The third kappa shape index (κ3) is 3.79. The molecule has 1 N–H and O–H groups in total. The zero-order valence-corrected chi connectivity index (χ0v) is 13.9. The molecule has 0 saturated heterocycles. The Balaban J connectivity index is 2.07. The maximum Gasteiger partial charge on any atom is 0.0597 e. The first-order chi connectivity index (χ1) is 9.60. The predicted octanol–water partition coefficient (Wildman–Crippen LogP) is 4.34. The molecule has 2 aromatic rings. The minimum absolute atomic E-state index is 0.841. The van der Waals surface area contributed by atoms with Gasteiger partial charge in [-0.2, -0.15) is 0 Å². The molecule has 108 valence electrons. The smallest absolute Gasteiger partial charge is 0.0597 e. The lowest BCUT2D eigenvalue weighted by Gasteiger charge is -2.18. The van der Waals surface area contributed by atoms with E-state index in [1.807, 2.05) is 0 Å². The number of hydrogen-bond donors (Lipinski definition) is 1. The number of hydrogen-bond acceptors (Lipinski definition) is 2. The zero-order valence-electron chi connectivity index (χ0n) is 12.4. The van der Waals surface area contributed by atoms with Crippen LogP contribution in [0.2, 0.25) is 0 Å². The van der Waals surface area contributed by atoms with Crippen LogP contribution in [0.15, 0.2) is 41.1 Å². The highest BCUT2D eigenvalue weighted by Crippen LogP contribution is 2.28. The Morgan fingerprint density at radius 2 is 2.05 bits per heavy atom. The summed E-state index contributed by atoms with van der Waals surface area (Å²) in [7, 11) is 4.12.